The molecule has 0 aromatic carbocycles. The first kappa shape index (κ1) is 24.9. The molecule has 1 saturated heterocycles. The highest BCUT2D eigenvalue weighted by Crippen LogP contribution is 2.19. The molecule has 0 aliphatic carbocycles. The van der Waals surface area contributed by atoms with E-state index in [1.807, 2.05) is 12.3 Å². The standard InChI is InChI=1S/C20H35N5O2.HI/c1-3-5-13-26-14-7-10-23-20(21-4-2)24-17-18-8-6-9-22-19(18)25-11-15-27-16-12-25;/h6,8-9H,3-5,7,10-17H2,1-2H3,(H2,21,23,24);1H. The Morgan fingerprint density at radius 3 is 2.75 bits per heavy atom. The van der Waals surface area contributed by atoms with Gasteiger partial charge in [-0.25, -0.2) is 9.98 Å². The smallest absolute Gasteiger partial charge is 0.191 e. The molecular weight excluding hydrogens is 469 g/mol. The van der Waals surface area contributed by atoms with Crippen molar-refractivity contribution in [3.63, 3.8) is 0 Å². The van der Waals surface area contributed by atoms with Crippen LogP contribution in [0.15, 0.2) is 23.3 Å². The molecule has 0 spiro atoms. The molecule has 1 aromatic rings. The van der Waals surface area contributed by atoms with E-state index in [1.165, 1.54) is 6.42 Å². The minimum atomic E-state index is 0. The predicted molar refractivity (Wildman–Crippen MR) is 126 cm³/mol. The summed E-state index contributed by atoms with van der Waals surface area (Å²) in [7, 11) is 0. The van der Waals surface area contributed by atoms with E-state index in [0.717, 1.165) is 82.8 Å². The monoisotopic (exact) mass is 505 g/mol. The van der Waals surface area contributed by atoms with E-state index in [1.54, 1.807) is 0 Å². The van der Waals surface area contributed by atoms with Gasteiger partial charge in [-0.05, 0) is 25.8 Å². The third-order valence-corrected chi connectivity index (χ3v) is 4.33. The SMILES string of the molecule is CCCCOCCCNC(=NCc1cccnc1N1CCOCC1)NCC.I. The quantitative estimate of drug-likeness (QED) is 0.209. The van der Waals surface area contributed by atoms with Crippen LogP contribution in [0.4, 0.5) is 5.82 Å². The number of hydrogen-bond acceptors (Lipinski definition) is 5. The van der Waals surface area contributed by atoms with Gasteiger partial charge in [0.25, 0.3) is 0 Å². The van der Waals surface area contributed by atoms with Crippen LogP contribution >= 0.6 is 24.0 Å². The van der Waals surface area contributed by atoms with Gasteiger partial charge in [-0.1, -0.05) is 19.4 Å². The topological polar surface area (TPSA) is 71.0 Å². The van der Waals surface area contributed by atoms with Gasteiger partial charge >= 0.3 is 0 Å². The lowest BCUT2D eigenvalue weighted by Gasteiger charge is -2.29. The first-order valence-electron chi connectivity index (χ1n) is 10.2. The van der Waals surface area contributed by atoms with Crippen molar-refractivity contribution in [3.05, 3.63) is 23.9 Å². The summed E-state index contributed by atoms with van der Waals surface area (Å²) in [5, 5.41) is 6.69. The second-order valence-corrected chi connectivity index (χ2v) is 6.53. The predicted octanol–water partition coefficient (Wildman–Crippen LogP) is 2.80. The highest BCUT2D eigenvalue weighted by Gasteiger charge is 2.15. The van der Waals surface area contributed by atoms with Crippen LogP contribution in [-0.2, 0) is 16.0 Å². The summed E-state index contributed by atoms with van der Waals surface area (Å²) in [5.74, 6) is 1.85. The van der Waals surface area contributed by atoms with Crippen LogP contribution in [-0.4, -0.2) is 63.6 Å². The summed E-state index contributed by atoms with van der Waals surface area (Å²) >= 11 is 0. The zero-order valence-corrected chi connectivity index (χ0v) is 19.6. The number of halogens is 1. The van der Waals surface area contributed by atoms with E-state index in [2.05, 4.69) is 40.4 Å². The molecule has 1 aliphatic heterocycles. The molecule has 0 atom stereocenters. The number of nitrogens with one attached hydrogen (secondary N) is 2. The van der Waals surface area contributed by atoms with E-state index >= 15 is 0 Å². The Balaban J connectivity index is 0.00000392. The van der Waals surface area contributed by atoms with Crippen molar-refractivity contribution in [2.24, 2.45) is 4.99 Å². The molecule has 8 heteroatoms. The Morgan fingerprint density at radius 1 is 1.21 bits per heavy atom. The Morgan fingerprint density at radius 2 is 2.00 bits per heavy atom. The molecule has 2 N–H and O–H groups in total. The normalized spacial score (nSPS) is 14.5. The molecule has 7 nitrogen and oxygen atoms in total. The molecule has 1 aliphatic rings. The molecule has 1 fully saturated rings. The molecule has 0 bridgehead atoms. The molecule has 160 valence electrons. The van der Waals surface area contributed by atoms with Crippen molar-refractivity contribution in [2.75, 3.05) is 57.5 Å². The average Bonchev–Trinajstić information content (AvgIpc) is 2.72. The Hall–Kier alpha value is -1.13. The minimum Gasteiger partial charge on any atom is -0.381 e. The molecule has 2 rings (SSSR count). The number of aromatic nitrogens is 1. The fourth-order valence-electron chi connectivity index (χ4n) is 2.85. The van der Waals surface area contributed by atoms with Crippen LogP contribution in [0.3, 0.4) is 0 Å². The third kappa shape index (κ3) is 9.38. The summed E-state index contributed by atoms with van der Waals surface area (Å²) in [6.45, 7) is 11.4. The summed E-state index contributed by atoms with van der Waals surface area (Å²) in [6, 6.07) is 4.08. The van der Waals surface area contributed by atoms with Crippen molar-refractivity contribution in [3.8, 4) is 0 Å². The molecule has 1 aromatic heterocycles. The third-order valence-electron chi connectivity index (χ3n) is 4.33. The van der Waals surface area contributed by atoms with Crippen molar-refractivity contribution in [1.82, 2.24) is 15.6 Å². The van der Waals surface area contributed by atoms with Crippen LogP contribution in [0.1, 0.15) is 38.7 Å². The number of nitrogens with zero attached hydrogens (tertiary/aromatic N) is 3. The van der Waals surface area contributed by atoms with Gasteiger partial charge in [-0.15, -0.1) is 24.0 Å². The van der Waals surface area contributed by atoms with Gasteiger partial charge in [-0.3, -0.25) is 0 Å². The molecular formula is C20H36IN5O2. The summed E-state index contributed by atoms with van der Waals surface area (Å²) in [5.41, 5.74) is 1.14. The number of hydrogen-bond donors (Lipinski definition) is 2. The van der Waals surface area contributed by atoms with Crippen LogP contribution in [0.25, 0.3) is 0 Å². The minimum absolute atomic E-state index is 0. The number of guanidine groups is 1. The zero-order valence-electron chi connectivity index (χ0n) is 17.3. The van der Waals surface area contributed by atoms with Gasteiger partial charge in [0.15, 0.2) is 5.96 Å². The second-order valence-electron chi connectivity index (χ2n) is 6.53. The van der Waals surface area contributed by atoms with Gasteiger partial charge in [-0.2, -0.15) is 0 Å². The van der Waals surface area contributed by atoms with Gasteiger partial charge in [0.2, 0.25) is 0 Å². The Bertz CT molecular complexity index is 553. The van der Waals surface area contributed by atoms with Crippen LogP contribution in [0.5, 0.6) is 0 Å². The van der Waals surface area contributed by atoms with E-state index in [4.69, 9.17) is 14.5 Å². The van der Waals surface area contributed by atoms with Gasteiger partial charge < -0.3 is 25.0 Å². The zero-order chi connectivity index (χ0) is 19.2. The number of pyridine rings is 1. The van der Waals surface area contributed by atoms with E-state index in [-0.39, 0.29) is 24.0 Å². The van der Waals surface area contributed by atoms with Crippen LogP contribution < -0.4 is 15.5 Å². The van der Waals surface area contributed by atoms with E-state index < -0.39 is 0 Å². The highest BCUT2D eigenvalue weighted by atomic mass is 127. The Kier molecular flexibility index (Phi) is 14.0. The largest absolute Gasteiger partial charge is 0.381 e. The molecule has 0 radical (unpaired) electrons. The Labute approximate surface area is 186 Å². The van der Waals surface area contributed by atoms with E-state index in [9.17, 15) is 0 Å². The maximum absolute atomic E-state index is 5.60. The lowest BCUT2D eigenvalue weighted by atomic mass is 10.2. The summed E-state index contributed by atoms with van der Waals surface area (Å²) in [4.78, 5) is 11.6. The van der Waals surface area contributed by atoms with Gasteiger partial charge in [0, 0.05) is 51.2 Å². The maximum Gasteiger partial charge on any atom is 0.191 e. The number of morpholine rings is 1. The number of unbranched alkanes of at least 4 members (excludes halogenated alkanes) is 1. The molecule has 0 unspecified atom stereocenters. The number of aliphatic imine (C=N–C) groups is 1. The molecule has 0 saturated carbocycles. The first-order valence-corrected chi connectivity index (χ1v) is 10.2. The summed E-state index contributed by atoms with van der Waals surface area (Å²) in [6.07, 6.45) is 5.13. The van der Waals surface area contributed by atoms with Crippen molar-refractivity contribution >= 4 is 35.8 Å². The fraction of sp³-hybridized carbons (Fsp3) is 0.700. The first-order chi connectivity index (χ1) is 13.3. The summed E-state index contributed by atoms with van der Waals surface area (Å²) < 4.78 is 11.1. The number of ether oxygens (including phenoxy) is 2. The van der Waals surface area contributed by atoms with Crippen LogP contribution in [0.2, 0.25) is 0 Å². The van der Waals surface area contributed by atoms with Crippen molar-refractivity contribution in [1.29, 1.82) is 0 Å². The van der Waals surface area contributed by atoms with Gasteiger partial charge in [0.1, 0.15) is 5.82 Å². The average molecular weight is 505 g/mol. The molecule has 2 heterocycles. The second kappa shape index (κ2) is 15.8. The van der Waals surface area contributed by atoms with Gasteiger partial charge in [0.05, 0.1) is 19.8 Å². The molecule has 0 amide bonds. The lowest BCUT2D eigenvalue weighted by Crippen LogP contribution is -2.38. The highest BCUT2D eigenvalue weighted by molar-refractivity contribution is 14.0. The number of rotatable bonds is 11. The van der Waals surface area contributed by atoms with Crippen molar-refractivity contribution < 1.29 is 9.47 Å². The number of anilines is 1. The van der Waals surface area contributed by atoms with Crippen molar-refractivity contribution in [2.45, 2.75) is 39.7 Å². The lowest BCUT2D eigenvalue weighted by molar-refractivity contribution is 0.122. The fourth-order valence-corrected chi connectivity index (χ4v) is 2.85. The maximum atomic E-state index is 5.60. The molecule has 28 heavy (non-hydrogen) atoms. The van der Waals surface area contributed by atoms with E-state index in [0.29, 0.717) is 6.54 Å². The van der Waals surface area contributed by atoms with Crippen LogP contribution in [0, 0.1) is 0 Å².